The van der Waals surface area contributed by atoms with Crippen LogP contribution < -0.4 is 0 Å². The molecule has 0 spiro atoms. The Kier molecular flexibility index (Phi) is 11.5. The molecule has 0 amide bonds. The Balaban J connectivity index is 1.93. The molecule has 1 fully saturated rings. The van der Waals surface area contributed by atoms with Crippen molar-refractivity contribution in [1.82, 2.24) is 0 Å². The van der Waals surface area contributed by atoms with Gasteiger partial charge in [-0.25, -0.2) is 0 Å². The van der Waals surface area contributed by atoms with Crippen molar-refractivity contribution >= 4 is 11.9 Å². The Labute approximate surface area is 152 Å². The van der Waals surface area contributed by atoms with Gasteiger partial charge in [0.05, 0.1) is 6.61 Å². The van der Waals surface area contributed by atoms with Gasteiger partial charge in [0.25, 0.3) is 0 Å². The lowest BCUT2D eigenvalue weighted by atomic mass is 10.0. The first-order valence-corrected chi connectivity index (χ1v) is 10.1. The summed E-state index contributed by atoms with van der Waals surface area (Å²) < 4.78 is 10.3. The number of hydrogen-bond acceptors (Lipinski definition) is 5. The van der Waals surface area contributed by atoms with Gasteiger partial charge in [0.1, 0.15) is 6.61 Å². The van der Waals surface area contributed by atoms with Crippen LogP contribution in [-0.2, 0) is 19.1 Å². The van der Waals surface area contributed by atoms with Gasteiger partial charge in [0.15, 0.2) is 5.60 Å². The number of aliphatic hydroxyl groups is 1. The van der Waals surface area contributed by atoms with E-state index in [1.165, 1.54) is 57.8 Å². The third-order valence-electron chi connectivity index (χ3n) is 4.88. The predicted molar refractivity (Wildman–Crippen MR) is 97.2 cm³/mol. The molecule has 0 aromatic heterocycles. The third-order valence-corrected chi connectivity index (χ3v) is 4.88. The number of cyclic esters (lactones) is 1. The van der Waals surface area contributed by atoms with Crippen LogP contribution in [0.15, 0.2) is 0 Å². The lowest BCUT2D eigenvalue weighted by Crippen LogP contribution is -2.39. The summed E-state index contributed by atoms with van der Waals surface area (Å²) in [5.74, 6) is -0.609. The summed E-state index contributed by atoms with van der Waals surface area (Å²) in [6.45, 7) is 1.90. The normalized spacial score (nSPS) is 19.8. The highest BCUT2D eigenvalue weighted by Gasteiger charge is 2.41. The summed E-state index contributed by atoms with van der Waals surface area (Å²) >= 11 is 0. The van der Waals surface area contributed by atoms with Gasteiger partial charge >= 0.3 is 11.9 Å². The number of aliphatic hydroxyl groups excluding tert-OH is 1. The lowest BCUT2D eigenvalue weighted by Gasteiger charge is -2.24. The average Bonchev–Trinajstić information content (AvgIpc) is 2.99. The molecule has 1 aliphatic heterocycles. The molecule has 25 heavy (non-hydrogen) atoms. The van der Waals surface area contributed by atoms with Gasteiger partial charge in [-0.3, -0.25) is 9.59 Å². The predicted octanol–water partition coefficient (Wildman–Crippen LogP) is 4.30. The second-order valence-electron chi connectivity index (χ2n) is 7.26. The van der Waals surface area contributed by atoms with Crippen molar-refractivity contribution in [2.24, 2.45) is 0 Å². The van der Waals surface area contributed by atoms with Crippen molar-refractivity contribution in [1.29, 1.82) is 0 Å². The molecule has 1 heterocycles. The number of unbranched alkanes of at least 4 members (excludes halogenated alkanes) is 10. The maximum Gasteiger partial charge on any atom is 0.306 e. The van der Waals surface area contributed by atoms with Crippen LogP contribution in [0.2, 0.25) is 0 Å². The molecule has 5 nitrogen and oxygen atoms in total. The van der Waals surface area contributed by atoms with Crippen LogP contribution in [0.1, 0.15) is 96.8 Å². The SMILES string of the molecule is CCCCCCCCCCCCCC(=O)OCC1(CO)CCC(=O)O1. The molecule has 0 aliphatic carbocycles. The fourth-order valence-corrected chi connectivity index (χ4v) is 3.15. The zero-order chi connectivity index (χ0) is 18.4. The molecule has 1 aliphatic rings. The van der Waals surface area contributed by atoms with Gasteiger partial charge in [-0.1, -0.05) is 71.1 Å². The quantitative estimate of drug-likeness (QED) is 0.350. The van der Waals surface area contributed by atoms with Crippen molar-refractivity contribution in [3.63, 3.8) is 0 Å². The van der Waals surface area contributed by atoms with E-state index in [4.69, 9.17) is 9.47 Å². The first-order valence-electron chi connectivity index (χ1n) is 10.1. The number of rotatable bonds is 15. The smallest absolute Gasteiger partial charge is 0.306 e. The number of carbonyl (C=O) groups excluding carboxylic acids is 2. The highest BCUT2D eigenvalue weighted by atomic mass is 16.6. The van der Waals surface area contributed by atoms with Gasteiger partial charge in [-0.05, 0) is 6.42 Å². The highest BCUT2D eigenvalue weighted by Crippen LogP contribution is 2.26. The van der Waals surface area contributed by atoms with Crippen LogP contribution in [0.3, 0.4) is 0 Å². The van der Waals surface area contributed by atoms with Crippen molar-refractivity contribution in [3.05, 3.63) is 0 Å². The molecule has 1 atom stereocenters. The molecule has 0 aromatic rings. The molecular formula is C20H36O5. The van der Waals surface area contributed by atoms with E-state index in [1.807, 2.05) is 0 Å². The second kappa shape index (κ2) is 13.2. The fraction of sp³-hybridized carbons (Fsp3) is 0.900. The average molecular weight is 357 g/mol. The topological polar surface area (TPSA) is 72.8 Å². The van der Waals surface area contributed by atoms with Crippen LogP contribution in [0, 0.1) is 0 Å². The van der Waals surface area contributed by atoms with E-state index in [9.17, 15) is 14.7 Å². The Bertz CT molecular complexity index is 382. The standard InChI is InChI=1S/C20H36O5/c1-2-3-4-5-6-7-8-9-10-11-12-13-18(22)24-17-20(16-21)15-14-19(23)25-20/h21H,2-17H2,1H3. The molecular weight excluding hydrogens is 320 g/mol. The number of esters is 2. The van der Waals surface area contributed by atoms with E-state index < -0.39 is 5.60 Å². The number of hydrogen-bond donors (Lipinski definition) is 1. The first kappa shape index (κ1) is 21.9. The molecule has 0 bridgehead atoms. The molecule has 5 heteroatoms. The van der Waals surface area contributed by atoms with Crippen LogP contribution in [-0.4, -0.2) is 35.9 Å². The van der Waals surface area contributed by atoms with Crippen molar-refractivity contribution in [2.75, 3.05) is 13.2 Å². The Morgan fingerprint density at radius 1 is 1.04 bits per heavy atom. The van der Waals surface area contributed by atoms with E-state index in [0.29, 0.717) is 12.8 Å². The minimum atomic E-state index is -1.01. The molecule has 0 aromatic carbocycles. The Hall–Kier alpha value is -1.10. The molecule has 0 radical (unpaired) electrons. The Morgan fingerprint density at radius 2 is 1.60 bits per heavy atom. The molecule has 1 unspecified atom stereocenters. The number of carbonyl (C=O) groups is 2. The Morgan fingerprint density at radius 3 is 2.08 bits per heavy atom. The summed E-state index contributed by atoms with van der Waals surface area (Å²) in [6, 6.07) is 0. The van der Waals surface area contributed by atoms with E-state index in [1.54, 1.807) is 0 Å². The summed E-state index contributed by atoms with van der Waals surface area (Å²) in [7, 11) is 0. The summed E-state index contributed by atoms with van der Waals surface area (Å²) in [5, 5.41) is 9.36. The van der Waals surface area contributed by atoms with Crippen LogP contribution >= 0.6 is 0 Å². The third kappa shape index (κ3) is 9.83. The maximum atomic E-state index is 11.8. The van der Waals surface area contributed by atoms with E-state index >= 15 is 0 Å². The summed E-state index contributed by atoms with van der Waals surface area (Å²) in [5.41, 5.74) is -1.01. The largest absolute Gasteiger partial charge is 0.461 e. The summed E-state index contributed by atoms with van der Waals surface area (Å²) in [4.78, 5) is 22.9. The molecule has 1 rings (SSSR count). The lowest BCUT2D eigenvalue weighted by molar-refractivity contribution is -0.166. The van der Waals surface area contributed by atoms with Crippen LogP contribution in [0.5, 0.6) is 0 Å². The van der Waals surface area contributed by atoms with Gasteiger partial charge < -0.3 is 14.6 Å². The zero-order valence-corrected chi connectivity index (χ0v) is 15.9. The second-order valence-corrected chi connectivity index (χ2v) is 7.26. The monoisotopic (exact) mass is 356 g/mol. The van der Waals surface area contributed by atoms with Gasteiger partial charge in [0, 0.05) is 19.3 Å². The molecule has 146 valence electrons. The van der Waals surface area contributed by atoms with Crippen LogP contribution in [0.25, 0.3) is 0 Å². The van der Waals surface area contributed by atoms with Gasteiger partial charge in [0.2, 0.25) is 0 Å². The first-order chi connectivity index (χ1) is 12.1. The van der Waals surface area contributed by atoms with E-state index in [2.05, 4.69) is 6.92 Å². The minimum Gasteiger partial charge on any atom is -0.461 e. The molecule has 1 saturated heterocycles. The van der Waals surface area contributed by atoms with E-state index in [0.717, 1.165) is 12.8 Å². The van der Waals surface area contributed by atoms with Crippen molar-refractivity contribution < 1.29 is 24.2 Å². The van der Waals surface area contributed by atoms with E-state index in [-0.39, 0.29) is 31.6 Å². The maximum absolute atomic E-state index is 11.8. The molecule has 1 N–H and O–H groups in total. The van der Waals surface area contributed by atoms with Crippen molar-refractivity contribution in [2.45, 2.75) is 102 Å². The zero-order valence-electron chi connectivity index (χ0n) is 15.9. The van der Waals surface area contributed by atoms with Gasteiger partial charge in [-0.2, -0.15) is 0 Å². The summed E-state index contributed by atoms with van der Waals surface area (Å²) in [6.07, 6.45) is 14.7. The number of ether oxygens (including phenoxy) is 2. The highest BCUT2D eigenvalue weighted by molar-refractivity contribution is 5.72. The van der Waals surface area contributed by atoms with Gasteiger partial charge in [-0.15, -0.1) is 0 Å². The van der Waals surface area contributed by atoms with Crippen molar-refractivity contribution in [3.8, 4) is 0 Å². The molecule has 0 saturated carbocycles. The van der Waals surface area contributed by atoms with Crippen LogP contribution in [0.4, 0.5) is 0 Å². The fourth-order valence-electron chi connectivity index (χ4n) is 3.15. The minimum absolute atomic E-state index is 0.0356.